The minimum Gasteiger partial charge on any atom is -0.372 e. The Labute approximate surface area is 186 Å². The number of anilines is 2. The summed E-state index contributed by atoms with van der Waals surface area (Å²) in [6.07, 6.45) is 2.35. The van der Waals surface area contributed by atoms with E-state index in [0.717, 1.165) is 24.7 Å². The number of imide groups is 1. The molecule has 0 aliphatic carbocycles. The first-order valence-corrected chi connectivity index (χ1v) is 10.9. The molecule has 8 nitrogen and oxygen atoms in total. The Hall–Kier alpha value is -3.68. The molecule has 0 radical (unpaired) electrons. The molecule has 2 amide bonds. The average molecular weight is 434 g/mol. The molecule has 2 aliphatic rings. The molecule has 2 aromatic rings. The Morgan fingerprint density at radius 1 is 1.00 bits per heavy atom. The molecule has 2 heterocycles. The van der Waals surface area contributed by atoms with Gasteiger partial charge in [0.1, 0.15) is 5.70 Å². The normalized spacial score (nSPS) is 17.3. The number of nitrogens with zero attached hydrogens (tertiary/aromatic N) is 3. The van der Waals surface area contributed by atoms with Gasteiger partial charge in [-0.25, -0.2) is 0 Å². The molecular formula is C24H26N4O4. The summed E-state index contributed by atoms with van der Waals surface area (Å²) in [6, 6.07) is 13.5. The number of piperidine rings is 1. The van der Waals surface area contributed by atoms with Gasteiger partial charge in [-0.3, -0.25) is 24.6 Å². The predicted octanol–water partition coefficient (Wildman–Crippen LogP) is 4.04. The SMILES string of the molecule is CCN1C(=O)C(Nc2ccc(N3CCC(C)CC3)cc2)=C(c2ccc([N+](=O)[O-])cc2)C1=O. The van der Waals surface area contributed by atoms with Gasteiger partial charge in [-0.2, -0.15) is 0 Å². The summed E-state index contributed by atoms with van der Waals surface area (Å²) in [6.45, 7) is 6.32. The van der Waals surface area contributed by atoms with Gasteiger partial charge < -0.3 is 10.2 Å². The second-order valence-corrected chi connectivity index (χ2v) is 8.25. The number of non-ortho nitro benzene ring substituents is 1. The van der Waals surface area contributed by atoms with Crippen molar-refractivity contribution in [2.75, 3.05) is 29.9 Å². The number of nitro benzene ring substituents is 1. The molecule has 2 aliphatic heterocycles. The van der Waals surface area contributed by atoms with Crippen LogP contribution in [0.1, 0.15) is 32.3 Å². The zero-order valence-electron chi connectivity index (χ0n) is 18.2. The van der Waals surface area contributed by atoms with Crippen molar-refractivity contribution in [3.8, 4) is 0 Å². The molecule has 166 valence electrons. The second-order valence-electron chi connectivity index (χ2n) is 8.25. The fourth-order valence-corrected chi connectivity index (χ4v) is 4.16. The highest BCUT2D eigenvalue weighted by Gasteiger charge is 2.38. The summed E-state index contributed by atoms with van der Waals surface area (Å²) < 4.78 is 0. The van der Waals surface area contributed by atoms with Crippen LogP contribution in [0.15, 0.2) is 54.2 Å². The molecule has 1 saturated heterocycles. The lowest BCUT2D eigenvalue weighted by Crippen LogP contribution is -2.32. The zero-order chi connectivity index (χ0) is 22.8. The molecule has 0 saturated carbocycles. The van der Waals surface area contributed by atoms with Crippen molar-refractivity contribution in [1.29, 1.82) is 0 Å². The molecule has 0 atom stereocenters. The molecular weight excluding hydrogens is 408 g/mol. The number of nitrogens with one attached hydrogen (secondary N) is 1. The maximum atomic E-state index is 12.9. The summed E-state index contributed by atoms with van der Waals surface area (Å²) >= 11 is 0. The van der Waals surface area contributed by atoms with Crippen LogP contribution in [0.4, 0.5) is 17.1 Å². The van der Waals surface area contributed by atoms with Gasteiger partial charge in [0.05, 0.1) is 10.5 Å². The van der Waals surface area contributed by atoms with Gasteiger partial charge in [0.2, 0.25) is 0 Å². The van der Waals surface area contributed by atoms with Gasteiger partial charge in [-0.15, -0.1) is 0 Å². The lowest BCUT2D eigenvalue weighted by molar-refractivity contribution is -0.384. The lowest BCUT2D eigenvalue weighted by Gasteiger charge is -2.32. The summed E-state index contributed by atoms with van der Waals surface area (Å²) in [5.74, 6) is -0.0581. The van der Waals surface area contributed by atoms with E-state index in [-0.39, 0.29) is 23.5 Å². The number of hydrogen-bond donors (Lipinski definition) is 1. The molecule has 4 rings (SSSR count). The van der Waals surface area contributed by atoms with Crippen LogP contribution in [0.3, 0.4) is 0 Å². The monoisotopic (exact) mass is 434 g/mol. The molecule has 0 unspecified atom stereocenters. The third-order valence-corrected chi connectivity index (χ3v) is 6.14. The maximum absolute atomic E-state index is 12.9. The number of hydrogen-bond acceptors (Lipinski definition) is 6. The molecule has 2 aromatic carbocycles. The van der Waals surface area contributed by atoms with Crippen molar-refractivity contribution < 1.29 is 14.5 Å². The molecule has 1 N–H and O–H groups in total. The topological polar surface area (TPSA) is 95.8 Å². The second kappa shape index (κ2) is 8.82. The van der Waals surface area contributed by atoms with Crippen molar-refractivity contribution in [3.63, 3.8) is 0 Å². The summed E-state index contributed by atoms with van der Waals surface area (Å²) in [5.41, 5.74) is 2.64. The fourth-order valence-electron chi connectivity index (χ4n) is 4.16. The molecule has 0 bridgehead atoms. The highest BCUT2D eigenvalue weighted by molar-refractivity contribution is 6.36. The van der Waals surface area contributed by atoms with Gasteiger partial charge in [-0.05, 0) is 67.6 Å². The number of likely N-dealkylation sites (N-methyl/N-ethyl adjacent to an activating group) is 1. The minimum atomic E-state index is -0.498. The van der Waals surface area contributed by atoms with Crippen LogP contribution >= 0.6 is 0 Å². The Bertz CT molecular complexity index is 1070. The number of amides is 2. The van der Waals surface area contributed by atoms with Gasteiger partial charge in [0.15, 0.2) is 0 Å². The van der Waals surface area contributed by atoms with Crippen molar-refractivity contribution in [2.24, 2.45) is 5.92 Å². The Kier molecular flexibility index (Phi) is 5.94. The predicted molar refractivity (Wildman–Crippen MR) is 123 cm³/mol. The first-order valence-electron chi connectivity index (χ1n) is 10.9. The van der Waals surface area contributed by atoms with Crippen LogP contribution in [-0.2, 0) is 9.59 Å². The van der Waals surface area contributed by atoms with E-state index in [1.165, 1.54) is 42.0 Å². The van der Waals surface area contributed by atoms with E-state index in [2.05, 4.69) is 17.1 Å². The number of nitro groups is 1. The minimum absolute atomic E-state index is 0.0734. The van der Waals surface area contributed by atoms with Gasteiger partial charge >= 0.3 is 0 Å². The highest BCUT2D eigenvalue weighted by atomic mass is 16.6. The van der Waals surface area contributed by atoms with E-state index in [1.807, 2.05) is 24.3 Å². The van der Waals surface area contributed by atoms with Gasteiger partial charge in [0, 0.05) is 43.1 Å². The Morgan fingerprint density at radius 3 is 2.19 bits per heavy atom. The molecule has 32 heavy (non-hydrogen) atoms. The molecule has 8 heteroatoms. The quantitative estimate of drug-likeness (QED) is 0.419. The van der Waals surface area contributed by atoms with Crippen molar-refractivity contribution in [2.45, 2.75) is 26.7 Å². The van der Waals surface area contributed by atoms with Crippen molar-refractivity contribution in [3.05, 3.63) is 69.9 Å². The third-order valence-electron chi connectivity index (χ3n) is 6.14. The van der Waals surface area contributed by atoms with Gasteiger partial charge in [0.25, 0.3) is 17.5 Å². The summed E-state index contributed by atoms with van der Waals surface area (Å²) in [4.78, 5) is 39.8. The molecule has 1 fully saturated rings. The van der Waals surface area contributed by atoms with Crippen LogP contribution in [0, 0.1) is 16.0 Å². The van der Waals surface area contributed by atoms with Crippen molar-refractivity contribution >= 4 is 34.4 Å². The van der Waals surface area contributed by atoms with E-state index < -0.39 is 16.7 Å². The first-order chi connectivity index (χ1) is 15.4. The van der Waals surface area contributed by atoms with Crippen LogP contribution in [-0.4, -0.2) is 41.3 Å². The van der Waals surface area contributed by atoms with E-state index in [9.17, 15) is 19.7 Å². The smallest absolute Gasteiger partial charge is 0.278 e. The highest BCUT2D eigenvalue weighted by Crippen LogP contribution is 2.32. The Balaban J connectivity index is 1.62. The van der Waals surface area contributed by atoms with Crippen LogP contribution < -0.4 is 10.2 Å². The zero-order valence-corrected chi connectivity index (χ0v) is 18.2. The van der Waals surface area contributed by atoms with Crippen LogP contribution in [0.25, 0.3) is 5.57 Å². The largest absolute Gasteiger partial charge is 0.372 e. The number of carbonyl (C=O) groups is 2. The van der Waals surface area contributed by atoms with E-state index in [0.29, 0.717) is 11.3 Å². The van der Waals surface area contributed by atoms with Crippen LogP contribution in [0.5, 0.6) is 0 Å². The van der Waals surface area contributed by atoms with Crippen molar-refractivity contribution in [1.82, 2.24) is 4.90 Å². The van der Waals surface area contributed by atoms with Gasteiger partial charge in [-0.1, -0.05) is 6.92 Å². The third kappa shape index (κ3) is 4.08. The van der Waals surface area contributed by atoms with E-state index in [4.69, 9.17) is 0 Å². The van der Waals surface area contributed by atoms with E-state index in [1.54, 1.807) is 6.92 Å². The molecule has 0 aromatic heterocycles. The fraction of sp³-hybridized carbons (Fsp3) is 0.333. The first kappa shape index (κ1) is 21.5. The number of benzene rings is 2. The van der Waals surface area contributed by atoms with E-state index >= 15 is 0 Å². The number of rotatable bonds is 6. The average Bonchev–Trinajstić information content (AvgIpc) is 3.03. The van der Waals surface area contributed by atoms with Crippen LogP contribution in [0.2, 0.25) is 0 Å². The standard InChI is InChI=1S/C24H26N4O4/c1-3-27-23(29)21(17-4-8-20(9-5-17)28(31)32)22(24(27)30)25-18-6-10-19(11-7-18)26-14-12-16(2)13-15-26/h4-11,16,25H,3,12-15H2,1-2H3. The summed E-state index contributed by atoms with van der Waals surface area (Å²) in [7, 11) is 0. The maximum Gasteiger partial charge on any atom is 0.278 e. The lowest BCUT2D eigenvalue weighted by atomic mass is 9.99. The molecule has 0 spiro atoms. The number of carbonyl (C=O) groups excluding carboxylic acids is 2. The summed E-state index contributed by atoms with van der Waals surface area (Å²) in [5, 5.41) is 14.1. The Morgan fingerprint density at radius 2 is 1.62 bits per heavy atom.